The predicted octanol–water partition coefficient (Wildman–Crippen LogP) is 5.46. The number of halogens is 1. The van der Waals surface area contributed by atoms with Gasteiger partial charge >= 0.3 is 0 Å². The van der Waals surface area contributed by atoms with Crippen molar-refractivity contribution < 1.29 is 28.9 Å². The van der Waals surface area contributed by atoms with Crippen molar-refractivity contribution in [2.75, 3.05) is 19.7 Å². The number of aromatic nitrogens is 2. The average Bonchev–Trinajstić information content (AvgIpc) is 3.68. The number of hydrogen-bond donors (Lipinski definition) is 2. The monoisotopic (exact) mass is 635 g/mol. The van der Waals surface area contributed by atoms with Crippen molar-refractivity contribution >= 4 is 11.9 Å². The van der Waals surface area contributed by atoms with Crippen LogP contribution in [0.15, 0.2) is 30.0 Å². The Morgan fingerprint density at radius 3 is 2.72 bits per heavy atom. The molecule has 4 aliphatic carbocycles. The summed E-state index contributed by atoms with van der Waals surface area (Å²) in [5.74, 6) is -0.174. The van der Waals surface area contributed by atoms with E-state index in [1.807, 2.05) is 16.9 Å². The summed E-state index contributed by atoms with van der Waals surface area (Å²) in [5.41, 5.74) is 2.89. The van der Waals surface area contributed by atoms with Crippen LogP contribution in [0.2, 0.25) is 0 Å². The summed E-state index contributed by atoms with van der Waals surface area (Å²) >= 11 is 0. The lowest BCUT2D eigenvalue weighted by molar-refractivity contribution is -0.202. The Labute approximate surface area is 271 Å². The molecular formula is C37H50FN3O5. The molecule has 1 aromatic carbocycles. The lowest BCUT2D eigenvalue weighted by atomic mass is 9.45. The minimum Gasteiger partial charge on any atom is -0.393 e. The first-order valence-electron chi connectivity index (χ1n) is 17.5. The fourth-order valence-corrected chi connectivity index (χ4v) is 10.7. The lowest BCUT2D eigenvalue weighted by Crippen LogP contribution is -2.64. The van der Waals surface area contributed by atoms with Gasteiger partial charge in [-0.15, -0.1) is 0 Å². The highest BCUT2D eigenvalue weighted by Crippen LogP contribution is 2.70. The Hall–Kier alpha value is -2.43. The quantitative estimate of drug-likeness (QED) is 0.378. The van der Waals surface area contributed by atoms with E-state index < -0.39 is 36.1 Å². The third kappa shape index (κ3) is 4.48. The molecule has 7 rings (SSSR count). The number of aliphatic hydroxyl groups is 2. The van der Waals surface area contributed by atoms with Gasteiger partial charge in [0.1, 0.15) is 12.4 Å². The minimum absolute atomic E-state index is 0.0140. The molecular weight excluding hydrogens is 585 g/mol. The number of hydrogen-bond acceptors (Lipinski definition) is 7. The average molecular weight is 636 g/mol. The number of carbonyl (C=O) groups is 1. The molecule has 9 heteroatoms. The number of fused-ring (bicyclic) bond motifs is 8. The van der Waals surface area contributed by atoms with Gasteiger partial charge < -0.3 is 19.7 Å². The van der Waals surface area contributed by atoms with E-state index in [2.05, 4.69) is 45.6 Å². The molecule has 3 saturated carbocycles. The van der Waals surface area contributed by atoms with E-state index in [1.165, 1.54) is 5.57 Å². The number of aliphatic hydroxyl groups excluding tert-OH is 2. The van der Waals surface area contributed by atoms with E-state index in [1.54, 1.807) is 12.1 Å². The highest BCUT2D eigenvalue weighted by atomic mass is 19.1. The van der Waals surface area contributed by atoms with Crippen LogP contribution in [0.5, 0.6) is 0 Å². The maximum Gasteiger partial charge on any atom is 0.193 e. The molecule has 8 nitrogen and oxygen atoms in total. The van der Waals surface area contributed by atoms with Crippen molar-refractivity contribution in [2.45, 2.75) is 110 Å². The van der Waals surface area contributed by atoms with E-state index in [0.29, 0.717) is 31.4 Å². The normalized spacial score (nSPS) is 37.7. The van der Waals surface area contributed by atoms with Crippen LogP contribution in [0.4, 0.5) is 4.39 Å². The van der Waals surface area contributed by atoms with Gasteiger partial charge in [-0.05, 0) is 105 Å². The summed E-state index contributed by atoms with van der Waals surface area (Å²) in [6.07, 6.45) is 7.99. The summed E-state index contributed by atoms with van der Waals surface area (Å²) in [6.45, 7) is 12.3. The molecule has 4 fully saturated rings. The summed E-state index contributed by atoms with van der Waals surface area (Å²) < 4.78 is 29.7. The SMILES string of the molecule is CCC[C@@H]1OC2C[C@H]3[C@@H]4CCC5=Cc6c(cnn6-c6ccc(F)c(CN(CC)CC)c6)C[C@]5(C)[C@H]4[C@@H](O)C[C@]3(C)[C@]2(C(=O)CO)O1. The first kappa shape index (κ1) is 32.1. The van der Waals surface area contributed by atoms with Gasteiger partial charge in [0.25, 0.3) is 0 Å². The molecule has 0 bridgehead atoms. The van der Waals surface area contributed by atoms with Gasteiger partial charge in [0, 0.05) is 17.5 Å². The van der Waals surface area contributed by atoms with Crippen LogP contribution in [0.25, 0.3) is 11.8 Å². The highest BCUT2D eigenvalue weighted by molar-refractivity contribution is 5.91. The molecule has 1 aromatic heterocycles. The Morgan fingerprint density at radius 2 is 2.00 bits per heavy atom. The van der Waals surface area contributed by atoms with Gasteiger partial charge in [-0.3, -0.25) is 9.69 Å². The van der Waals surface area contributed by atoms with Gasteiger partial charge in [-0.1, -0.05) is 46.6 Å². The molecule has 1 saturated heterocycles. The zero-order valence-electron chi connectivity index (χ0n) is 28.0. The second-order valence-corrected chi connectivity index (χ2v) is 15.0. The first-order valence-corrected chi connectivity index (χ1v) is 17.5. The van der Waals surface area contributed by atoms with Crippen molar-refractivity contribution in [3.63, 3.8) is 0 Å². The van der Waals surface area contributed by atoms with Crippen LogP contribution in [0.3, 0.4) is 0 Å². The van der Waals surface area contributed by atoms with Crippen molar-refractivity contribution in [1.29, 1.82) is 0 Å². The summed E-state index contributed by atoms with van der Waals surface area (Å²) in [4.78, 5) is 15.8. The number of benzene rings is 1. The zero-order chi connectivity index (χ0) is 32.6. The smallest absolute Gasteiger partial charge is 0.193 e. The van der Waals surface area contributed by atoms with Gasteiger partial charge in [-0.25, -0.2) is 9.07 Å². The van der Waals surface area contributed by atoms with Crippen LogP contribution >= 0.6 is 0 Å². The number of Topliss-reactive ketones (excluding diaryl/α,β-unsaturated/α-hetero) is 1. The number of nitrogens with zero attached hydrogens (tertiary/aromatic N) is 3. The zero-order valence-corrected chi connectivity index (χ0v) is 28.0. The molecule has 2 N–H and O–H groups in total. The van der Waals surface area contributed by atoms with Crippen molar-refractivity contribution in [2.24, 2.45) is 28.6 Å². The van der Waals surface area contributed by atoms with Gasteiger partial charge in [0.15, 0.2) is 17.7 Å². The van der Waals surface area contributed by atoms with Gasteiger partial charge in [-0.2, -0.15) is 5.10 Å². The van der Waals surface area contributed by atoms with E-state index in [9.17, 15) is 19.4 Å². The van der Waals surface area contributed by atoms with E-state index in [0.717, 1.165) is 55.7 Å². The molecule has 0 amide bonds. The third-order valence-electron chi connectivity index (χ3n) is 12.9. The van der Waals surface area contributed by atoms with Crippen molar-refractivity contribution in [3.05, 3.63) is 52.6 Å². The van der Waals surface area contributed by atoms with Crippen LogP contribution < -0.4 is 0 Å². The summed E-state index contributed by atoms with van der Waals surface area (Å²) in [6, 6.07) is 5.27. The molecule has 2 heterocycles. The van der Waals surface area contributed by atoms with E-state index >= 15 is 0 Å². The predicted molar refractivity (Wildman–Crippen MR) is 172 cm³/mol. The third-order valence-corrected chi connectivity index (χ3v) is 12.9. The lowest BCUT2D eigenvalue weighted by Gasteiger charge is -2.60. The van der Waals surface area contributed by atoms with Crippen molar-refractivity contribution in [3.8, 4) is 5.69 Å². The van der Waals surface area contributed by atoms with Gasteiger partial charge in [0.05, 0.1) is 29.8 Å². The first-order chi connectivity index (χ1) is 22.0. The Morgan fingerprint density at radius 1 is 1.22 bits per heavy atom. The number of ketones is 1. The van der Waals surface area contributed by atoms with Crippen LogP contribution in [-0.4, -0.2) is 74.5 Å². The van der Waals surface area contributed by atoms with E-state index in [4.69, 9.17) is 14.6 Å². The largest absolute Gasteiger partial charge is 0.393 e. The van der Waals surface area contributed by atoms with Crippen molar-refractivity contribution in [1.82, 2.24) is 14.7 Å². The number of carbonyl (C=O) groups excluding carboxylic acids is 1. The Kier molecular flexibility index (Phi) is 8.12. The fraction of sp³-hybridized carbons (Fsp3) is 0.676. The maximum absolute atomic E-state index is 14.8. The number of rotatable bonds is 9. The standard InChI is InChI=1S/C37H50FN3O5/c1-6-9-33-45-32-16-27-26-12-10-24-15-29-23(19-39-41(29)25-11-13-28(38)22(14-25)20-40(7-2)8-3)17-35(24,4)34(26)30(43)18-36(27,5)37(32,46-33)31(44)21-42/h11,13-15,19,26-27,30,32-34,42-43H,6-10,12,16-18,20-21H2,1-5H3/t26-,27-,30-,32?,33+,34+,35-,36-,37+/m0/s1. The Balaban J connectivity index is 1.20. The second-order valence-electron chi connectivity index (χ2n) is 15.0. The number of allylic oxidation sites excluding steroid dienone is 1. The van der Waals surface area contributed by atoms with Crippen LogP contribution in [-0.2, 0) is 27.2 Å². The molecule has 9 atom stereocenters. The molecule has 1 unspecified atom stereocenters. The second kappa shape index (κ2) is 11.6. The van der Waals surface area contributed by atoms with Crippen LogP contribution in [0.1, 0.15) is 90.0 Å². The highest BCUT2D eigenvalue weighted by Gasteiger charge is 2.75. The molecule has 0 radical (unpaired) electrons. The topological polar surface area (TPSA) is 97.1 Å². The summed E-state index contributed by atoms with van der Waals surface area (Å²) in [7, 11) is 0. The van der Waals surface area contributed by atoms with Crippen LogP contribution in [0, 0.1) is 34.4 Å². The molecule has 2 aromatic rings. The molecule has 5 aliphatic rings. The van der Waals surface area contributed by atoms with Gasteiger partial charge in [0.2, 0.25) is 0 Å². The maximum atomic E-state index is 14.8. The molecule has 250 valence electrons. The molecule has 0 spiro atoms. The Bertz CT molecular complexity index is 1540. The number of ether oxygens (including phenoxy) is 2. The fourth-order valence-electron chi connectivity index (χ4n) is 10.7. The minimum atomic E-state index is -1.23. The molecule has 1 aliphatic heterocycles. The van der Waals surface area contributed by atoms with E-state index in [-0.39, 0.29) is 34.8 Å². The summed E-state index contributed by atoms with van der Waals surface area (Å²) in [5, 5.41) is 27.1. The molecule has 46 heavy (non-hydrogen) atoms.